The molecule has 0 spiro atoms. The fourth-order valence-electron chi connectivity index (χ4n) is 4.47. The van der Waals surface area contributed by atoms with E-state index in [2.05, 4.69) is 98.9 Å². The lowest BCUT2D eigenvalue weighted by Gasteiger charge is -2.33. The molecule has 5 heteroatoms. The molecule has 0 aliphatic carbocycles. The van der Waals surface area contributed by atoms with Crippen molar-refractivity contribution in [2.75, 3.05) is 32.4 Å². The van der Waals surface area contributed by atoms with Crippen molar-refractivity contribution >= 4 is 10.1 Å². The van der Waals surface area contributed by atoms with Gasteiger partial charge in [0, 0.05) is 0 Å². The van der Waals surface area contributed by atoms with Crippen molar-refractivity contribution in [3.8, 4) is 0 Å². The zero-order valence-electron chi connectivity index (χ0n) is 27.5. The highest BCUT2D eigenvalue weighted by Crippen LogP contribution is 2.16. The quantitative estimate of drug-likeness (QED) is 0.0640. The Hall–Kier alpha value is -1.69. The number of hydrogen-bond acceptors (Lipinski definition) is 2. The van der Waals surface area contributed by atoms with Crippen LogP contribution in [0, 0.1) is 0 Å². The largest absolute Gasteiger partial charge is 0.320 e. The van der Waals surface area contributed by atoms with Crippen LogP contribution in [0.4, 0.5) is 0 Å². The van der Waals surface area contributed by atoms with Gasteiger partial charge in [0.05, 0.1) is 32.4 Å². The Morgan fingerprint density at radius 2 is 0.925 bits per heavy atom. The summed E-state index contributed by atoms with van der Waals surface area (Å²) in [5, 5.41) is 0. The lowest BCUT2D eigenvalue weighted by molar-refractivity contribution is -0.898. The molecule has 0 aliphatic heterocycles. The van der Waals surface area contributed by atoms with Crippen LogP contribution in [0.2, 0.25) is 0 Å². The van der Waals surface area contributed by atoms with Gasteiger partial charge >= 0.3 is 0 Å². The average Bonchev–Trinajstić information content (AvgIpc) is 2.83. The molecule has 0 atom stereocenters. The summed E-state index contributed by atoms with van der Waals surface area (Å²) in [5.41, 5.74) is 8.50. The second-order valence-electron chi connectivity index (χ2n) is 12.6. The Morgan fingerprint density at radius 1 is 0.575 bits per heavy atom. The van der Waals surface area contributed by atoms with Crippen LogP contribution in [0.5, 0.6) is 0 Å². The number of nitrogens with zero attached hydrogens (tertiary/aromatic N) is 1. The molecule has 0 fully saturated rings. The van der Waals surface area contributed by atoms with Gasteiger partial charge in [-0.15, -0.1) is 0 Å². The molecule has 0 rings (SSSR count). The standard InChI is InChI=1S/C35H61NO3S/c1-30(2)16-12-18-32(5)20-14-22-34(7)24-27-36(9,26-10-11-29-40(37,38)39)28-25-35(8)23-15-21-33(6)19-13-17-31(3)4/h16-17,20-21,24-25H,10-15,18-19,22-23,26-29H2,1-9H3/p+1/b32-20+,33-21+,34-24+,35-25+. The van der Waals surface area contributed by atoms with Gasteiger partial charge in [0.2, 0.25) is 0 Å². The maximum atomic E-state index is 11.2. The molecule has 0 aliphatic rings. The SMILES string of the molecule is CC(C)=CCC/C(C)=C/CC/C(C)=C/C[N+](C)(C/C=C(\C)CC/C=C(\C)CCC=C(C)C)CCCCS(=O)(=O)O. The minimum Gasteiger partial charge on any atom is -0.320 e. The molecule has 40 heavy (non-hydrogen) atoms. The number of hydrogen-bond donors (Lipinski definition) is 1. The predicted octanol–water partition coefficient (Wildman–Crippen LogP) is 9.94. The van der Waals surface area contributed by atoms with Gasteiger partial charge in [0.15, 0.2) is 0 Å². The summed E-state index contributed by atoms with van der Waals surface area (Å²) >= 11 is 0. The molecule has 0 aromatic rings. The topological polar surface area (TPSA) is 54.4 Å². The minimum absolute atomic E-state index is 0.157. The highest BCUT2D eigenvalue weighted by atomic mass is 32.2. The lowest BCUT2D eigenvalue weighted by Crippen LogP contribution is -2.45. The van der Waals surface area contributed by atoms with Crippen molar-refractivity contribution in [2.45, 2.75) is 120 Å². The summed E-state index contributed by atoms with van der Waals surface area (Å²) in [6.45, 7) is 20.3. The van der Waals surface area contributed by atoms with Gasteiger partial charge in [-0.1, -0.05) is 57.7 Å². The zero-order chi connectivity index (χ0) is 30.6. The Labute approximate surface area is 249 Å². The first-order valence-electron chi connectivity index (χ1n) is 15.3. The monoisotopic (exact) mass is 576 g/mol. The number of likely N-dealkylation sites (N-methyl/N-ethyl adjacent to an activating group) is 1. The van der Waals surface area contributed by atoms with E-state index >= 15 is 0 Å². The van der Waals surface area contributed by atoms with Gasteiger partial charge in [-0.05, 0) is 132 Å². The predicted molar refractivity (Wildman–Crippen MR) is 177 cm³/mol. The molecule has 0 aromatic carbocycles. The first kappa shape index (κ1) is 38.3. The average molecular weight is 577 g/mol. The molecule has 0 amide bonds. The van der Waals surface area contributed by atoms with Crippen LogP contribution in [0.1, 0.15) is 120 Å². The normalized spacial score (nSPS) is 15.2. The highest BCUT2D eigenvalue weighted by molar-refractivity contribution is 7.85. The summed E-state index contributed by atoms with van der Waals surface area (Å²) in [6.07, 6.45) is 24.1. The Morgan fingerprint density at radius 3 is 1.27 bits per heavy atom. The fraction of sp³-hybridized carbons (Fsp3) is 0.657. The number of unbranched alkanes of at least 4 members (excludes halogenated alkanes) is 1. The third-order valence-corrected chi connectivity index (χ3v) is 8.16. The highest BCUT2D eigenvalue weighted by Gasteiger charge is 2.19. The molecule has 0 saturated heterocycles. The lowest BCUT2D eigenvalue weighted by atomic mass is 10.1. The van der Waals surface area contributed by atoms with Crippen molar-refractivity contribution in [3.63, 3.8) is 0 Å². The van der Waals surface area contributed by atoms with Crippen LogP contribution in [-0.4, -0.2) is 49.9 Å². The van der Waals surface area contributed by atoms with E-state index in [4.69, 9.17) is 4.55 Å². The van der Waals surface area contributed by atoms with Gasteiger partial charge < -0.3 is 4.48 Å². The molecular weight excluding hydrogens is 514 g/mol. The zero-order valence-corrected chi connectivity index (χ0v) is 28.3. The second kappa shape index (κ2) is 21.1. The van der Waals surface area contributed by atoms with E-state index in [0.29, 0.717) is 6.42 Å². The van der Waals surface area contributed by atoms with E-state index in [9.17, 15) is 8.42 Å². The van der Waals surface area contributed by atoms with Crippen molar-refractivity contribution < 1.29 is 17.5 Å². The molecular formula is C35H62NO3S+. The summed E-state index contributed by atoms with van der Waals surface area (Å²) < 4.78 is 32.3. The second-order valence-corrected chi connectivity index (χ2v) is 14.2. The van der Waals surface area contributed by atoms with Gasteiger partial charge in [-0.25, -0.2) is 0 Å². The number of allylic oxidation sites excluding steroid dienone is 10. The molecule has 4 nitrogen and oxygen atoms in total. The van der Waals surface area contributed by atoms with Crippen molar-refractivity contribution in [3.05, 3.63) is 69.9 Å². The van der Waals surface area contributed by atoms with Crippen LogP contribution in [-0.2, 0) is 10.1 Å². The Balaban J connectivity index is 5.09. The van der Waals surface area contributed by atoms with Crippen LogP contribution < -0.4 is 0 Å². The summed E-state index contributed by atoms with van der Waals surface area (Å²) in [6, 6.07) is 0. The summed E-state index contributed by atoms with van der Waals surface area (Å²) in [4.78, 5) is 0. The van der Waals surface area contributed by atoms with Gasteiger partial charge in [0.1, 0.15) is 0 Å². The number of rotatable bonds is 21. The first-order chi connectivity index (χ1) is 18.6. The van der Waals surface area contributed by atoms with Crippen LogP contribution >= 0.6 is 0 Å². The maximum absolute atomic E-state index is 11.2. The Bertz CT molecular complexity index is 955. The molecule has 0 aromatic heterocycles. The third-order valence-electron chi connectivity index (χ3n) is 7.36. The van der Waals surface area contributed by atoms with Gasteiger partial charge in [-0.3, -0.25) is 4.55 Å². The van der Waals surface area contributed by atoms with Gasteiger partial charge in [0.25, 0.3) is 10.1 Å². The molecule has 0 radical (unpaired) electrons. The van der Waals surface area contributed by atoms with Crippen molar-refractivity contribution in [2.24, 2.45) is 0 Å². The fourth-order valence-corrected chi connectivity index (χ4v) is 5.03. The van der Waals surface area contributed by atoms with Crippen LogP contribution in [0.15, 0.2) is 69.9 Å². The van der Waals surface area contributed by atoms with E-state index in [1.807, 2.05) is 0 Å². The molecule has 0 heterocycles. The molecule has 0 saturated carbocycles. The molecule has 1 N–H and O–H groups in total. The van der Waals surface area contributed by atoms with Crippen LogP contribution in [0.25, 0.3) is 0 Å². The van der Waals surface area contributed by atoms with Crippen LogP contribution in [0.3, 0.4) is 0 Å². The Kier molecular flexibility index (Phi) is 20.2. The third kappa shape index (κ3) is 24.1. The van der Waals surface area contributed by atoms with E-state index in [1.54, 1.807) is 0 Å². The first-order valence-corrected chi connectivity index (χ1v) is 16.9. The van der Waals surface area contributed by atoms with Crippen molar-refractivity contribution in [1.82, 2.24) is 0 Å². The summed E-state index contributed by atoms with van der Waals surface area (Å²) in [7, 11) is -1.63. The van der Waals surface area contributed by atoms with E-state index < -0.39 is 10.1 Å². The van der Waals surface area contributed by atoms with Gasteiger partial charge in [-0.2, -0.15) is 8.42 Å². The minimum atomic E-state index is -3.90. The smallest absolute Gasteiger partial charge is 0.264 e. The summed E-state index contributed by atoms with van der Waals surface area (Å²) in [5.74, 6) is -0.157. The van der Waals surface area contributed by atoms with Crippen molar-refractivity contribution in [1.29, 1.82) is 0 Å². The molecule has 230 valence electrons. The van der Waals surface area contributed by atoms with E-state index in [0.717, 1.165) is 81.9 Å². The molecule has 0 unspecified atom stereocenters. The van der Waals surface area contributed by atoms with E-state index in [-0.39, 0.29) is 5.75 Å². The maximum Gasteiger partial charge on any atom is 0.264 e. The number of quaternary nitrogens is 1. The molecule has 0 bridgehead atoms. The van der Waals surface area contributed by atoms with E-state index in [1.165, 1.54) is 33.4 Å².